The van der Waals surface area contributed by atoms with Gasteiger partial charge < -0.3 is 20.4 Å². The summed E-state index contributed by atoms with van der Waals surface area (Å²) >= 11 is 0. The van der Waals surface area contributed by atoms with Crippen LogP contribution in [-0.4, -0.2) is 34.9 Å². The number of fused-ring (bicyclic) bond motifs is 3. The van der Waals surface area contributed by atoms with E-state index in [0.717, 1.165) is 34.2 Å². The molecule has 3 N–H and O–H groups in total. The van der Waals surface area contributed by atoms with Gasteiger partial charge in [-0.1, -0.05) is 31.4 Å². The molecule has 4 saturated carbocycles. The first-order chi connectivity index (χ1) is 20.0. The Morgan fingerprint density at radius 1 is 0.829 bits per heavy atom. The topological polar surface area (TPSA) is 96.1 Å². The van der Waals surface area contributed by atoms with Crippen LogP contribution in [0.4, 0.5) is 5.69 Å². The maximum absolute atomic E-state index is 13.4. The molecule has 4 aliphatic rings. The predicted molar refractivity (Wildman–Crippen MR) is 160 cm³/mol. The van der Waals surface area contributed by atoms with E-state index in [2.05, 4.69) is 15.6 Å². The van der Waals surface area contributed by atoms with Crippen molar-refractivity contribution in [1.29, 1.82) is 0 Å². The average molecular weight is 549 g/mol. The minimum Gasteiger partial charge on any atom is -0.497 e. The normalized spacial score (nSPS) is 25.0. The van der Waals surface area contributed by atoms with E-state index in [0.29, 0.717) is 40.5 Å². The van der Waals surface area contributed by atoms with E-state index in [-0.39, 0.29) is 11.8 Å². The summed E-state index contributed by atoms with van der Waals surface area (Å²) in [6.07, 6.45) is 9.27. The van der Waals surface area contributed by atoms with Crippen molar-refractivity contribution in [3.8, 4) is 17.1 Å². The van der Waals surface area contributed by atoms with Crippen molar-refractivity contribution in [2.45, 2.75) is 51.0 Å². The van der Waals surface area contributed by atoms with E-state index >= 15 is 0 Å². The highest BCUT2D eigenvalue weighted by Crippen LogP contribution is 2.49. The number of aromatic amines is 1. The zero-order valence-electron chi connectivity index (χ0n) is 23.4. The highest BCUT2D eigenvalue weighted by Gasteiger charge is 2.45. The minimum absolute atomic E-state index is 0.0178. The molecule has 4 bridgehead atoms. The molecule has 0 saturated heterocycles. The van der Waals surface area contributed by atoms with Gasteiger partial charge in [-0.3, -0.25) is 9.59 Å². The molecule has 0 atom stereocenters. The average Bonchev–Trinajstić information content (AvgIpc) is 3.40. The molecule has 7 nitrogen and oxygen atoms in total. The number of ether oxygens (including phenoxy) is 1. The van der Waals surface area contributed by atoms with Crippen LogP contribution < -0.4 is 15.4 Å². The van der Waals surface area contributed by atoms with Crippen molar-refractivity contribution in [2.24, 2.45) is 23.7 Å². The number of rotatable bonds is 6. The van der Waals surface area contributed by atoms with Gasteiger partial charge in [0.2, 0.25) is 0 Å². The van der Waals surface area contributed by atoms with E-state index in [1.165, 1.54) is 44.9 Å². The van der Waals surface area contributed by atoms with Gasteiger partial charge in [-0.05, 0) is 104 Å². The lowest BCUT2D eigenvalue weighted by Gasteiger charge is -2.50. The first-order valence-electron chi connectivity index (χ1n) is 14.9. The van der Waals surface area contributed by atoms with Gasteiger partial charge in [0, 0.05) is 28.4 Å². The van der Waals surface area contributed by atoms with E-state index in [1.54, 1.807) is 43.5 Å². The molecule has 4 aliphatic carbocycles. The van der Waals surface area contributed by atoms with Gasteiger partial charge in [0.05, 0.1) is 18.1 Å². The second kappa shape index (κ2) is 10.7. The third kappa shape index (κ3) is 5.21. The third-order valence-electron chi connectivity index (χ3n) is 9.60. The van der Waals surface area contributed by atoms with Crippen LogP contribution in [0.5, 0.6) is 5.75 Å². The number of hydrogen-bond donors (Lipinski definition) is 3. The number of anilines is 1. The molecule has 8 rings (SSSR count). The Hall–Kier alpha value is -4.13. The van der Waals surface area contributed by atoms with E-state index < -0.39 is 0 Å². The molecule has 0 aliphatic heterocycles. The SMILES string of the molecule is COc1ccc(NC(=O)c2ccc(-c3nc4ccc(C(=O)NC5C6CC7CCCC(C6)CC5C7)cc4[nH]3)cc2)cc1. The fourth-order valence-corrected chi connectivity index (χ4v) is 7.65. The maximum Gasteiger partial charge on any atom is 0.255 e. The van der Waals surface area contributed by atoms with Crippen molar-refractivity contribution >= 4 is 28.5 Å². The second-order valence-electron chi connectivity index (χ2n) is 12.2. The van der Waals surface area contributed by atoms with Crippen LogP contribution in [-0.2, 0) is 0 Å². The van der Waals surface area contributed by atoms with Crippen LogP contribution in [0, 0.1) is 23.7 Å². The number of aromatic nitrogens is 2. The van der Waals surface area contributed by atoms with Crippen molar-refractivity contribution < 1.29 is 14.3 Å². The van der Waals surface area contributed by atoms with Crippen molar-refractivity contribution in [3.05, 3.63) is 77.9 Å². The second-order valence-corrected chi connectivity index (χ2v) is 12.2. The summed E-state index contributed by atoms with van der Waals surface area (Å²) in [6, 6.07) is 20.6. The van der Waals surface area contributed by atoms with Crippen LogP contribution in [0.1, 0.15) is 65.7 Å². The fourth-order valence-electron chi connectivity index (χ4n) is 7.65. The molecule has 4 fully saturated rings. The number of nitrogens with zero attached hydrogens (tertiary/aromatic N) is 1. The van der Waals surface area contributed by atoms with Crippen LogP contribution in [0.15, 0.2) is 66.7 Å². The predicted octanol–water partition coefficient (Wildman–Crippen LogP) is 6.83. The maximum atomic E-state index is 13.4. The highest BCUT2D eigenvalue weighted by molar-refractivity contribution is 6.04. The molecule has 1 aromatic heterocycles. The fraction of sp³-hybridized carbons (Fsp3) is 0.382. The van der Waals surface area contributed by atoms with Gasteiger partial charge in [0.1, 0.15) is 11.6 Å². The number of H-pyrrole nitrogens is 1. The summed E-state index contributed by atoms with van der Waals surface area (Å²) in [5.74, 6) is 4.24. The molecule has 0 spiro atoms. The van der Waals surface area contributed by atoms with Crippen molar-refractivity contribution in [1.82, 2.24) is 15.3 Å². The lowest BCUT2D eigenvalue weighted by Crippen LogP contribution is -2.53. The summed E-state index contributed by atoms with van der Waals surface area (Å²) in [5.41, 5.74) is 4.42. The molecule has 4 aromatic rings. The van der Waals surface area contributed by atoms with Gasteiger partial charge >= 0.3 is 0 Å². The Balaban J connectivity index is 1.03. The quantitative estimate of drug-likeness (QED) is 0.246. The molecule has 41 heavy (non-hydrogen) atoms. The van der Waals surface area contributed by atoms with Gasteiger partial charge in [-0.15, -0.1) is 0 Å². The largest absolute Gasteiger partial charge is 0.497 e. The van der Waals surface area contributed by atoms with Gasteiger partial charge in [-0.25, -0.2) is 4.98 Å². The number of carbonyl (C=O) groups excluding carboxylic acids is 2. The smallest absolute Gasteiger partial charge is 0.255 e. The van der Waals surface area contributed by atoms with Gasteiger partial charge in [0.15, 0.2) is 0 Å². The molecule has 0 unspecified atom stereocenters. The minimum atomic E-state index is -0.188. The molecule has 3 aromatic carbocycles. The van der Waals surface area contributed by atoms with Gasteiger partial charge in [-0.2, -0.15) is 0 Å². The molecular weight excluding hydrogens is 512 g/mol. The number of methoxy groups -OCH3 is 1. The molecule has 7 heteroatoms. The Morgan fingerprint density at radius 2 is 1.49 bits per heavy atom. The Morgan fingerprint density at radius 3 is 2.15 bits per heavy atom. The third-order valence-corrected chi connectivity index (χ3v) is 9.60. The standard InChI is InChI=1S/C34H36N4O3/c1-41-28-12-10-27(11-13-28)35-33(39)23-7-5-22(6-8-23)32-36-29-14-9-24(19-30(29)37-32)34(40)38-31-25-15-20-3-2-4-21(17-25)18-26(31)16-20/h5-14,19-21,25-26,31H,2-4,15-18H2,1H3,(H,35,39)(H,36,37)(H,38,40). The Kier molecular flexibility index (Phi) is 6.73. The summed E-state index contributed by atoms with van der Waals surface area (Å²) < 4.78 is 5.17. The summed E-state index contributed by atoms with van der Waals surface area (Å²) in [6.45, 7) is 0. The van der Waals surface area contributed by atoms with Gasteiger partial charge in [0.25, 0.3) is 11.8 Å². The summed E-state index contributed by atoms with van der Waals surface area (Å²) in [7, 11) is 1.61. The van der Waals surface area contributed by atoms with Crippen LogP contribution >= 0.6 is 0 Å². The molecule has 210 valence electrons. The number of amides is 2. The zero-order valence-corrected chi connectivity index (χ0v) is 23.4. The summed E-state index contributed by atoms with van der Waals surface area (Å²) in [5, 5.41) is 6.36. The number of imidazole rings is 1. The zero-order chi connectivity index (χ0) is 27.9. The van der Waals surface area contributed by atoms with Crippen molar-refractivity contribution in [2.75, 3.05) is 12.4 Å². The first kappa shape index (κ1) is 25.8. The number of nitrogens with one attached hydrogen (secondary N) is 3. The number of hydrogen-bond acceptors (Lipinski definition) is 4. The van der Waals surface area contributed by atoms with Crippen molar-refractivity contribution in [3.63, 3.8) is 0 Å². The van der Waals surface area contributed by atoms with Crippen LogP contribution in [0.2, 0.25) is 0 Å². The van der Waals surface area contributed by atoms with Crippen LogP contribution in [0.25, 0.3) is 22.4 Å². The lowest BCUT2D eigenvalue weighted by atomic mass is 9.58. The van der Waals surface area contributed by atoms with Crippen LogP contribution in [0.3, 0.4) is 0 Å². The Labute approximate surface area is 240 Å². The molecule has 2 amide bonds. The highest BCUT2D eigenvalue weighted by atomic mass is 16.5. The Bertz CT molecular complexity index is 1540. The molecule has 0 radical (unpaired) electrons. The van der Waals surface area contributed by atoms with E-state index in [9.17, 15) is 9.59 Å². The van der Waals surface area contributed by atoms with E-state index in [4.69, 9.17) is 9.72 Å². The number of carbonyl (C=O) groups is 2. The molecular formula is C34H36N4O3. The number of benzene rings is 3. The molecule has 1 heterocycles. The lowest BCUT2D eigenvalue weighted by molar-refractivity contribution is 0.0269. The first-order valence-corrected chi connectivity index (χ1v) is 14.9. The monoisotopic (exact) mass is 548 g/mol. The van der Waals surface area contributed by atoms with E-state index in [1.807, 2.05) is 30.3 Å². The summed E-state index contributed by atoms with van der Waals surface area (Å²) in [4.78, 5) is 34.2.